The average molecular weight is 231 g/mol. The summed E-state index contributed by atoms with van der Waals surface area (Å²) in [6.07, 6.45) is 4.49. The lowest BCUT2D eigenvalue weighted by molar-refractivity contribution is 0.00301. The Balaban J connectivity index is 1.68. The van der Waals surface area contributed by atoms with Crippen LogP contribution in [-0.4, -0.2) is 29.0 Å². The Hall–Kier alpha value is -1.55. The molecule has 1 saturated carbocycles. The van der Waals surface area contributed by atoms with Crippen molar-refractivity contribution in [3.05, 3.63) is 24.4 Å². The smallest absolute Gasteiger partial charge is 0.0881 e. The first-order valence-electron chi connectivity index (χ1n) is 6.17. The lowest BCUT2D eigenvalue weighted by Crippen LogP contribution is -2.40. The van der Waals surface area contributed by atoms with Crippen molar-refractivity contribution >= 4 is 16.6 Å². The van der Waals surface area contributed by atoms with Gasteiger partial charge in [-0.15, -0.1) is 0 Å². The molecule has 1 aromatic heterocycles. The second-order valence-electron chi connectivity index (χ2n) is 4.53. The molecule has 4 nitrogen and oxygen atoms in total. The summed E-state index contributed by atoms with van der Waals surface area (Å²) in [5.41, 5.74) is 2.23. The zero-order chi connectivity index (χ0) is 11.7. The Morgan fingerprint density at radius 3 is 3.18 bits per heavy atom. The molecule has 0 bridgehead atoms. The van der Waals surface area contributed by atoms with Crippen molar-refractivity contribution in [3.63, 3.8) is 0 Å². The summed E-state index contributed by atoms with van der Waals surface area (Å²) >= 11 is 0. The van der Waals surface area contributed by atoms with E-state index in [1.54, 1.807) is 0 Å². The first-order chi connectivity index (χ1) is 8.36. The van der Waals surface area contributed by atoms with Crippen LogP contribution in [0.15, 0.2) is 24.4 Å². The van der Waals surface area contributed by atoms with E-state index in [1.165, 1.54) is 0 Å². The van der Waals surface area contributed by atoms with Gasteiger partial charge in [0, 0.05) is 18.0 Å². The Morgan fingerprint density at radius 2 is 2.35 bits per heavy atom. The average Bonchev–Trinajstić information content (AvgIpc) is 2.75. The first kappa shape index (κ1) is 10.6. The molecule has 1 fully saturated rings. The number of nitrogens with zero attached hydrogens (tertiary/aromatic N) is 1. The number of ether oxygens (including phenoxy) is 1. The van der Waals surface area contributed by atoms with E-state index in [-0.39, 0.29) is 0 Å². The maximum atomic E-state index is 5.56. The van der Waals surface area contributed by atoms with Crippen LogP contribution in [0.4, 0.5) is 5.69 Å². The van der Waals surface area contributed by atoms with Crippen molar-refractivity contribution in [1.82, 2.24) is 10.2 Å². The number of nitrogens with one attached hydrogen (secondary N) is 2. The first-order valence-corrected chi connectivity index (χ1v) is 6.17. The van der Waals surface area contributed by atoms with Gasteiger partial charge in [-0.05, 0) is 25.8 Å². The SMILES string of the molecule is CCOC1CC(Nc2cccc3cn[nH]c23)C1. The summed E-state index contributed by atoms with van der Waals surface area (Å²) in [4.78, 5) is 0. The Morgan fingerprint density at radius 1 is 1.47 bits per heavy atom. The molecule has 4 heteroatoms. The number of para-hydroxylation sites is 1. The summed E-state index contributed by atoms with van der Waals surface area (Å²) in [5, 5.41) is 11.8. The van der Waals surface area contributed by atoms with Crippen molar-refractivity contribution in [3.8, 4) is 0 Å². The predicted octanol–water partition coefficient (Wildman–Crippen LogP) is 2.54. The van der Waals surface area contributed by atoms with E-state index in [0.717, 1.165) is 36.0 Å². The van der Waals surface area contributed by atoms with Gasteiger partial charge >= 0.3 is 0 Å². The number of benzene rings is 1. The Labute approximate surface area is 100 Å². The van der Waals surface area contributed by atoms with Crippen LogP contribution in [0.2, 0.25) is 0 Å². The van der Waals surface area contributed by atoms with E-state index >= 15 is 0 Å². The number of aromatic nitrogens is 2. The standard InChI is InChI=1S/C13H17N3O/c1-2-17-11-6-10(7-11)15-12-5-3-4-9-8-14-16-13(9)12/h3-5,8,10-11,15H,2,6-7H2,1H3,(H,14,16). The topological polar surface area (TPSA) is 49.9 Å². The third kappa shape index (κ3) is 2.00. The van der Waals surface area contributed by atoms with Crippen molar-refractivity contribution in [2.45, 2.75) is 31.9 Å². The van der Waals surface area contributed by atoms with Crippen LogP contribution in [0.25, 0.3) is 10.9 Å². The van der Waals surface area contributed by atoms with Crippen molar-refractivity contribution in [2.75, 3.05) is 11.9 Å². The molecule has 3 rings (SSSR count). The van der Waals surface area contributed by atoms with Gasteiger partial charge in [-0.1, -0.05) is 12.1 Å². The fourth-order valence-corrected chi connectivity index (χ4v) is 2.36. The number of fused-ring (bicyclic) bond motifs is 1. The Kier molecular flexibility index (Phi) is 2.73. The monoisotopic (exact) mass is 231 g/mol. The summed E-state index contributed by atoms with van der Waals surface area (Å²) < 4.78 is 5.56. The van der Waals surface area contributed by atoms with Gasteiger partial charge in [-0.3, -0.25) is 5.10 Å². The summed E-state index contributed by atoms with van der Waals surface area (Å²) in [5.74, 6) is 0. The molecular weight excluding hydrogens is 214 g/mol. The summed E-state index contributed by atoms with van der Waals surface area (Å²) in [6.45, 7) is 2.86. The molecule has 0 aliphatic heterocycles. The fraction of sp³-hybridized carbons (Fsp3) is 0.462. The molecule has 0 atom stereocenters. The molecule has 90 valence electrons. The lowest BCUT2D eigenvalue weighted by Gasteiger charge is -2.36. The van der Waals surface area contributed by atoms with Gasteiger partial charge in [-0.25, -0.2) is 0 Å². The molecule has 0 unspecified atom stereocenters. The molecule has 0 amide bonds. The van der Waals surface area contributed by atoms with E-state index < -0.39 is 0 Å². The van der Waals surface area contributed by atoms with Crippen LogP contribution in [-0.2, 0) is 4.74 Å². The molecule has 1 heterocycles. The van der Waals surface area contributed by atoms with Crippen LogP contribution in [0.5, 0.6) is 0 Å². The van der Waals surface area contributed by atoms with Crippen molar-refractivity contribution in [2.24, 2.45) is 0 Å². The van der Waals surface area contributed by atoms with Crippen LogP contribution < -0.4 is 5.32 Å². The van der Waals surface area contributed by atoms with Gasteiger partial charge in [-0.2, -0.15) is 5.10 Å². The van der Waals surface area contributed by atoms with E-state index in [0.29, 0.717) is 12.1 Å². The second kappa shape index (κ2) is 4.37. The molecule has 0 radical (unpaired) electrons. The molecule has 2 N–H and O–H groups in total. The highest BCUT2D eigenvalue weighted by Gasteiger charge is 2.29. The number of aromatic amines is 1. The molecule has 1 aromatic carbocycles. The number of hydrogen-bond donors (Lipinski definition) is 2. The summed E-state index contributed by atoms with van der Waals surface area (Å²) in [6, 6.07) is 6.74. The minimum Gasteiger partial charge on any atom is -0.380 e. The van der Waals surface area contributed by atoms with Gasteiger partial charge in [0.15, 0.2) is 0 Å². The van der Waals surface area contributed by atoms with Crippen LogP contribution in [0.1, 0.15) is 19.8 Å². The third-order valence-corrected chi connectivity index (χ3v) is 3.33. The molecule has 1 aliphatic carbocycles. The van der Waals surface area contributed by atoms with Gasteiger partial charge < -0.3 is 10.1 Å². The number of anilines is 1. The lowest BCUT2D eigenvalue weighted by atomic mass is 9.89. The Bertz CT molecular complexity index is 502. The summed E-state index contributed by atoms with van der Waals surface area (Å²) in [7, 11) is 0. The fourth-order valence-electron chi connectivity index (χ4n) is 2.36. The minimum absolute atomic E-state index is 0.443. The second-order valence-corrected chi connectivity index (χ2v) is 4.53. The maximum Gasteiger partial charge on any atom is 0.0881 e. The largest absolute Gasteiger partial charge is 0.380 e. The quantitative estimate of drug-likeness (QED) is 0.850. The van der Waals surface area contributed by atoms with Gasteiger partial charge in [0.2, 0.25) is 0 Å². The number of rotatable bonds is 4. The third-order valence-electron chi connectivity index (χ3n) is 3.33. The highest BCUT2D eigenvalue weighted by molar-refractivity contribution is 5.90. The van der Waals surface area contributed by atoms with E-state index in [1.807, 2.05) is 13.1 Å². The van der Waals surface area contributed by atoms with Crippen LogP contribution in [0.3, 0.4) is 0 Å². The van der Waals surface area contributed by atoms with Gasteiger partial charge in [0.25, 0.3) is 0 Å². The van der Waals surface area contributed by atoms with Gasteiger partial charge in [0.05, 0.1) is 23.5 Å². The normalized spacial score (nSPS) is 23.6. The van der Waals surface area contributed by atoms with Crippen molar-refractivity contribution in [1.29, 1.82) is 0 Å². The highest BCUT2D eigenvalue weighted by atomic mass is 16.5. The van der Waals surface area contributed by atoms with E-state index in [2.05, 4.69) is 33.7 Å². The zero-order valence-corrected chi connectivity index (χ0v) is 9.94. The zero-order valence-electron chi connectivity index (χ0n) is 9.94. The number of hydrogen-bond acceptors (Lipinski definition) is 3. The highest BCUT2D eigenvalue weighted by Crippen LogP contribution is 2.29. The minimum atomic E-state index is 0.443. The van der Waals surface area contributed by atoms with Crippen LogP contribution >= 0.6 is 0 Å². The predicted molar refractivity (Wildman–Crippen MR) is 68.2 cm³/mol. The molecule has 17 heavy (non-hydrogen) atoms. The van der Waals surface area contributed by atoms with E-state index in [9.17, 15) is 0 Å². The number of H-pyrrole nitrogens is 1. The van der Waals surface area contributed by atoms with Crippen LogP contribution in [0, 0.1) is 0 Å². The molecule has 2 aromatic rings. The van der Waals surface area contributed by atoms with E-state index in [4.69, 9.17) is 4.74 Å². The molecular formula is C13H17N3O. The van der Waals surface area contributed by atoms with Crippen molar-refractivity contribution < 1.29 is 4.74 Å². The van der Waals surface area contributed by atoms with Gasteiger partial charge in [0.1, 0.15) is 0 Å². The molecule has 0 saturated heterocycles. The maximum absolute atomic E-state index is 5.56. The molecule has 0 spiro atoms. The molecule has 1 aliphatic rings.